The number of aromatic nitrogens is 1. The van der Waals surface area contributed by atoms with E-state index in [1.807, 2.05) is 6.07 Å². The first kappa shape index (κ1) is 14.3. The van der Waals surface area contributed by atoms with Crippen LogP contribution in [0.1, 0.15) is 47.5 Å². The number of oxazole rings is 1. The number of rotatable bonds is 5. The Hall–Kier alpha value is -2.63. The van der Waals surface area contributed by atoms with Gasteiger partial charge in [0.25, 0.3) is 5.91 Å². The van der Waals surface area contributed by atoms with E-state index in [4.69, 9.17) is 10.2 Å². The predicted octanol–water partition coefficient (Wildman–Crippen LogP) is 1.68. The van der Waals surface area contributed by atoms with Crippen molar-refractivity contribution in [3.63, 3.8) is 0 Å². The molecular formula is C16H17N3O3. The third-order valence-corrected chi connectivity index (χ3v) is 3.97. The molecule has 0 radical (unpaired) electrons. The van der Waals surface area contributed by atoms with E-state index in [1.165, 1.54) is 6.39 Å². The maximum Gasteiger partial charge on any atom is 0.290 e. The Labute approximate surface area is 127 Å². The van der Waals surface area contributed by atoms with Crippen molar-refractivity contribution in [2.75, 3.05) is 0 Å². The molecule has 1 fully saturated rings. The van der Waals surface area contributed by atoms with Crippen molar-refractivity contribution in [1.82, 2.24) is 10.3 Å². The molecule has 6 nitrogen and oxygen atoms in total. The maximum atomic E-state index is 12.5. The molecule has 1 atom stereocenters. The molecule has 1 aromatic heterocycles. The molecule has 1 aliphatic carbocycles. The topological polar surface area (TPSA) is 98.2 Å². The summed E-state index contributed by atoms with van der Waals surface area (Å²) in [4.78, 5) is 28.5. The Kier molecular flexibility index (Phi) is 3.44. The van der Waals surface area contributed by atoms with Crippen LogP contribution in [-0.4, -0.2) is 16.8 Å². The van der Waals surface area contributed by atoms with Crippen LogP contribution in [0.15, 0.2) is 41.1 Å². The van der Waals surface area contributed by atoms with Gasteiger partial charge in [-0.15, -0.1) is 0 Å². The van der Waals surface area contributed by atoms with Gasteiger partial charge in [0.1, 0.15) is 5.54 Å². The van der Waals surface area contributed by atoms with E-state index in [1.54, 1.807) is 31.2 Å². The van der Waals surface area contributed by atoms with Gasteiger partial charge in [0, 0.05) is 5.92 Å². The fraction of sp³-hybridized carbons (Fsp3) is 0.312. The van der Waals surface area contributed by atoms with Crippen molar-refractivity contribution in [2.45, 2.75) is 31.2 Å². The van der Waals surface area contributed by atoms with Gasteiger partial charge >= 0.3 is 0 Å². The average Bonchev–Trinajstić information content (AvgIpc) is 3.24. The Morgan fingerprint density at radius 3 is 2.59 bits per heavy atom. The molecule has 0 spiro atoms. The SMILES string of the molecule is CC(NC(=O)c1ocnc1C1CC1)(C(N)=O)c1ccccc1. The number of primary amides is 1. The standard InChI is InChI=1S/C16H17N3O3/c1-16(15(17)21,11-5-3-2-4-6-11)19-14(20)13-12(10-7-8-10)18-9-22-13/h2-6,9-10H,7-8H2,1H3,(H2,17,21)(H,19,20). The molecule has 0 aliphatic heterocycles. The fourth-order valence-corrected chi connectivity index (χ4v) is 2.40. The number of nitrogens with zero attached hydrogens (tertiary/aromatic N) is 1. The second kappa shape index (κ2) is 5.29. The van der Waals surface area contributed by atoms with E-state index in [0.29, 0.717) is 11.3 Å². The van der Waals surface area contributed by atoms with E-state index in [0.717, 1.165) is 12.8 Å². The number of nitrogens with two attached hydrogens (primary N) is 1. The van der Waals surface area contributed by atoms with Crippen LogP contribution in [-0.2, 0) is 10.3 Å². The minimum absolute atomic E-state index is 0.158. The van der Waals surface area contributed by atoms with Crippen LogP contribution >= 0.6 is 0 Å². The van der Waals surface area contributed by atoms with Gasteiger partial charge in [-0.2, -0.15) is 0 Å². The average molecular weight is 299 g/mol. The minimum Gasteiger partial charge on any atom is -0.438 e. The van der Waals surface area contributed by atoms with E-state index in [-0.39, 0.29) is 11.7 Å². The molecule has 22 heavy (non-hydrogen) atoms. The summed E-state index contributed by atoms with van der Waals surface area (Å²) in [7, 11) is 0. The van der Waals surface area contributed by atoms with Crippen LogP contribution < -0.4 is 11.1 Å². The highest BCUT2D eigenvalue weighted by molar-refractivity contribution is 5.98. The predicted molar refractivity (Wildman–Crippen MR) is 78.9 cm³/mol. The third-order valence-electron chi connectivity index (χ3n) is 3.97. The molecule has 2 aromatic rings. The molecule has 0 saturated heterocycles. The minimum atomic E-state index is -1.31. The number of benzene rings is 1. The van der Waals surface area contributed by atoms with Crippen molar-refractivity contribution in [3.05, 3.63) is 53.7 Å². The summed E-state index contributed by atoms with van der Waals surface area (Å²) in [6.45, 7) is 1.58. The summed E-state index contributed by atoms with van der Waals surface area (Å²) in [6, 6.07) is 8.88. The summed E-state index contributed by atoms with van der Waals surface area (Å²) in [5, 5.41) is 2.69. The van der Waals surface area contributed by atoms with Gasteiger partial charge in [0.05, 0.1) is 5.69 Å². The lowest BCUT2D eigenvalue weighted by Gasteiger charge is -2.27. The molecular weight excluding hydrogens is 282 g/mol. The fourth-order valence-electron chi connectivity index (χ4n) is 2.40. The van der Waals surface area contributed by atoms with Crippen LogP contribution in [0.5, 0.6) is 0 Å². The van der Waals surface area contributed by atoms with Gasteiger partial charge in [0.2, 0.25) is 11.7 Å². The highest BCUT2D eigenvalue weighted by Gasteiger charge is 2.38. The molecule has 1 aromatic carbocycles. The lowest BCUT2D eigenvalue weighted by Crippen LogP contribution is -2.52. The molecule has 3 rings (SSSR count). The van der Waals surface area contributed by atoms with Crippen LogP contribution in [0.2, 0.25) is 0 Å². The first-order valence-electron chi connectivity index (χ1n) is 7.13. The number of nitrogens with one attached hydrogen (secondary N) is 1. The summed E-state index contributed by atoms with van der Waals surface area (Å²) < 4.78 is 5.21. The molecule has 1 unspecified atom stereocenters. The van der Waals surface area contributed by atoms with Gasteiger partial charge in [-0.05, 0) is 25.3 Å². The second-order valence-electron chi connectivity index (χ2n) is 5.65. The molecule has 1 aliphatic rings. The smallest absolute Gasteiger partial charge is 0.290 e. The van der Waals surface area contributed by atoms with Crippen molar-refractivity contribution in [3.8, 4) is 0 Å². The molecule has 6 heteroatoms. The van der Waals surface area contributed by atoms with Crippen LogP contribution in [0.3, 0.4) is 0 Å². The Morgan fingerprint density at radius 1 is 1.32 bits per heavy atom. The molecule has 0 bridgehead atoms. The monoisotopic (exact) mass is 299 g/mol. The lowest BCUT2D eigenvalue weighted by atomic mass is 9.91. The van der Waals surface area contributed by atoms with Gasteiger partial charge in [0.15, 0.2) is 6.39 Å². The van der Waals surface area contributed by atoms with Crippen LogP contribution in [0.4, 0.5) is 0 Å². The van der Waals surface area contributed by atoms with E-state index in [9.17, 15) is 9.59 Å². The Balaban J connectivity index is 1.89. The second-order valence-corrected chi connectivity index (χ2v) is 5.65. The van der Waals surface area contributed by atoms with Crippen molar-refractivity contribution in [2.24, 2.45) is 5.73 Å². The van der Waals surface area contributed by atoms with Gasteiger partial charge < -0.3 is 15.5 Å². The zero-order chi connectivity index (χ0) is 15.7. The number of carbonyl (C=O) groups excluding carboxylic acids is 2. The molecule has 3 N–H and O–H groups in total. The maximum absolute atomic E-state index is 12.5. The number of hydrogen-bond donors (Lipinski definition) is 2. The molecule has 114 valence electrons. The summed E-state index contributed by atoms with van der Waals surface area (Å²) >= 11 is 0. The van der Waals surface area contributed by atoms with E-state index < -0.39 is 17.4 Å². The summed E-state index contributed by atoms with van der Waals surface area (Å²) in [5.74, 6) is -0.689. The lowest BCUT2D eigenvalue weighted by molar-refractivity contribution is -0.123. The van der Waals surface area contributed by atoms with E-state index >= 15 is 0 Å². The third kappa shape index (κ3) is 2.47. The van der Waals surface area contributed by atoms with Gasteiger partial charge in [-0.1, -0.05) is 30.3 Å². The largest absolute Gasteiger partial charge is 0.438 e. The number of carbonyl (C=O) groups is 2. The quantitative estimate of drug-likeness (QED) is 0.877. The van der Waals surface area contributed by atoms with Gasteiger partial charge in [-0.3, -0.25) is 9.59 Å². The zero-order valence-corrected chi connectivity index (χ0v) is 12.2. The number of hydrogen-bond acceptors (Lipinski definition) is 4. The van der Waals surface area contributed by atoms with Crippen LogP contribution in [0.25, 0.3) is 0 Å². The highest BCUT2D eigenvalue weighted by Crippen LogP contribution is 2.40. The highest BCUT2D eigenvalue weighted by atomic mass is 16.3. The molecule has 1 heterocycles. The zero-order valence-electron chi connectivity index (χ0n) is 12.2. The van der Waals surface area contributed by atoms with Crippen molar-refractivity contribution < 1.29 is 14.0 Å². The number of amides is 2. The Bertz CT molecular complexity index is 706. The first-order chi connectivity index (χ1) is 10.5. The van der Waals surface area contributed by atoms with Gasteiger partial charge in [-0.25, -0.2) is 4.98 Å². The normalized spacial score (nSPS) is 16.8. The summed E-state index contributed by atoms with van der Waals surface area (Å²) in [6.07, 6.45) is 3.25. The van der Waals surface area contributed by atoms with Crippen LogP contribution in [0, 0.1) is 0 Å². The summed E-state index contributed by atoms with van der Waals surface area (Å²) in [5.41, 5.74) is 5.47. The Morgan fingerprint density at radius 2 is 2.00 bits per heavy atom. The first-order valence-corrected chi connectivity index (χ1v) is 7.13. The molecule has 1 saturated carbocycles. The molecule has 2 amide bonds. The van der Waals surface area contributed by atoms with Crippen molar-refractivity contribution in [1.29, 1.82) is 0 Å². The van der Waals surface area contributed by atoms with E-state index in [2.05, 4.69) is 10.3 Å². The van der Waals surface area contributed by atoms with Crippen molar-refractivity contribution >= 4 is 11.8 Å².